The Morgan fingerprint density at radius 2 is 1.88 bits per heavy atom. The van der Waals surface area contributed by atoms with Crippen molar-refractivity contribution in [1.82, 2.24) is 15.5 Å². The summed E-state index contributed by atoms with van der Waals surface area (Å²) in [6.45, 7) is 3.96. The van der Waals surface area contributed by atoms with Gasteiger partial charge in [-0.15, -0.1) is 0 Å². The van der Waals surface area contributed by atoms with E-state index in [0.29, 0.717) is 16.8 Å². The number of nitrogens with zero attached hydrogens (tertiary/aromatic N) is 1. The summed E-state index contributed by atoms with van der Waals surface area (Å²) in [4.78, 5) is 12.6. The molecule has 0 aliphatic rings. The molecule has 1 heterocycles. The third-order valence-corrected chi connectivity index (χ3v) is 4.02. The molecule has 1 aromatic heterocycles. The van der Waals surface area contributed by atoms with E-state index in [0.717, 1.165) is 11.1 Å². The number of aromatic amines is 1. The molecular weight excluding hydrogens is 305 g/mol. The zero-order valence-corrected chi connectivity index (χ0v) is 13.5. The Hall–Kier alpha value is -2.95. The van der Waals surface area contributed by atoms with Crippen LogP contribution < -0.4 is 5.32 Å². The van der Waals surface area contributed by atoms with E-state index in [2.05, 4.69) is 15.5 Å². The number of carbonyl (C=O) groups is 1. The Balaban J connectivity index is 1.83. The molecule has 1 atom stereocenters. The summed E-state index contributed by atoms with van der Waals surface area (Å²) in [5, 5.41) is 9.76. The molecule has 0 aliphatic heterocycles. The topological polar surface area (TPSA) is 57.8 Å². The van der Waals surface area contributed by atoms with Crippen LogP contribution in [0.1, 0.15) is 34.5 Å². The van der Waals surface area contributed by atoms with Gasteiger partial charge in [-0.3, -0.25) is 9.89 Å². The van der Waals surface area contributed by atoms with E-state index >= 15 is 0 Å². The normalized spacial score (nSPS) is 12.0. The highest BCUT2D eigenvalue weighted by Gasteiger charge is 2.18. The van der Waals surface area contributed by atoms with Crippen LogP contribution in [0.3, 0.4) is 0 Å². The van der Waals surface area contributed by atoms with Crippen molar-refractivity contribution in [2.75, 3.05) is 0 Å². The molecule has 1 amide bonds. The van der Waals surface area contributed by atoms with Gasteiger partial charge in [0, 0.05) is 5.56 Å². The fourth-order valence-electron chi connectivity index (χ4n) is 2.72. The minimum atomic E-state index is -0.322. The van der Waals surface area contributed by atoms with Crippen LogP contribution in [0.2, 0.25) is 0 Å². The second-order valence-electron chi connectivity index (χ2n) is 5.72. The Bertz CT molecular complexity index is 855. The van der Waals surface area contributed by atoms with Crippen LogP contribution >= 0.6 is 0 Å². The molecule has 0 radical (unpaired) electrons. The smallest absolute Gasteiger partial charge is 0.255 e. The van der Waals surface area contributed by atoms with Gasteiger partial charge < -0.3 is 5.32 Å². The predicted molar refractivity (Wildman–Crippen MR) is 91.0 cm³/mol. The predicted octanol–water partition coefficient (Wildman–Crippen LogP) is 4.02. The number of carbonyl (C=O) groups excluding carboxylic acids is 1. The van der Waals surface area contributed by atoms with Gasteiger partial charge in [-0.05, 0) is 49.2 Å². The zero-order valence-electron chi connectivity index (χ0n) is 13.5. The second kappa shape index (κ2) is 6.66. The Kier molecular flexibility index (Phi) is 4.42. The van der Waals surface area contributed by atoms with Crippen LogP contribution in [0.5, 0.6) is 0 Å². The van der Waals surface area contributed by atoms with Crippen LogP contribution in [0, 0.1) is 12.7 Å². The average Bonchev–Trinajstić information content (AvgIpc) is 3.05. The van der Waals surface area contributed by atoms with Crippen LogP contribution in [0.25, 0.3) is 11.3 Å². The molecule has 0 bridgehead atoms. The summed E-state index contributed by atoms with van der Waals surface area (Å²) >= 11 is 0. The zero-order chi connectivity index (χ0) is 17.1. The maximum absolute atomic E-state index is 13.1. The molecule has 0 fully saturated rings. The van der Waals surface area contributed by atoms with E-state index in [1.807, 2.05) is 38.1 Å². The Morgan fingerprint density at radius 1 is 1.17 bits per heavy atom. The van der Waals surface area contributed by atoms with Gasteiger partial charge in [0.05, 0.1) is 23.5 Å². The third kappa shape index (κ3) is 3.20. The highest BCUT2D eigenvalue weighted by molar-refractivity contribution is 5.99. The summed E-state index contributed by atoms with van der Waals surface area (Å²) in [5.74, 6) is -0.545. The van der Waals surface area contributed by atoms with Gasteiger partial charge in [0.15, 0.2) is 0 Å². The highest BCUT2D eigenvalue weighted by atomic mass is 19.1. The van der Waals surface area contributed by atoms with Crippen molar-refractivity contribution >= 4 is 5.91 Å². The summed E-state index contributed by atoms with van der Waals surface area (Å²) in [6, 6.07) is 13.7. The van der Waals surface area contributed by atoms with Crippen LogP contribution in [0.15, 0.2) is 54.7 Å². The first-order chi connectivity index (χ1) is 11.6. The maximum Gasteiger partial charge on any atom is 0.255 e. The fourth-order valence-corrected chi connectivity index (χ4v) is 2.72. The number of hydrogen-bond donors (Lipinski definition) is 2. The first kappa shape index (κ1) is 15.9. The molecule has 2 aromatic carbocycles. The molecular formula is C19H18FN3O. The average molecular weight is 323 g/mol. The van der Waals surface area contributed by atoms with Crippen molar-refractivity contribution in [3.05, 3.63) is 77.2 Å². The molecule has 4 nitrogen and oxygen atoms in total. The molecule has 3 rings (SSSR count). The number of halogens is 1. The molecule has 1 unspecified atom stereocenters. The van der Waals surface area contributed by atoms with Crippen molar-refractivity contribution in [2.24, 2.45) is 0 Å². The van der Waals surface area contributed by atoms with Crippen molar-refractivity contribution in [3.63, 3.8) is 0 Å². The largest absolute Gasteiger partial charge is 0.345 e. The molecule has 0 spiro atoms. The van der Waals surface area contributed by atoms with Crippen LogP contribution in [-0.4, -0.2) is 16.1 Å². The number of hydrogen-bond acceptors (Lipinski definition) is 2. The second-order valence-corrected chi connectivity index (χ2v) is 5.72. The number of rotatable bonds is 4. The molecule has 5 heteroatoms. The van der Waals surface area contributed by atoms with E-state index in [1.165, 1.54) is 18.3 Å². The summed E-state index contributed by atoms with van der Waals surface area (Å²) in [5.41, 5.74) is 3.91. The summed E-state index contributed by atoms with van der Waals surface area (Å²) in [6.07, 6.45) is 1.48. The van der Waals surface area contributed by atoms with Crippen molar-refractivity contribution in [2.45, 2.75) is 19.9 Å². The van der Waals surface area contributed by atoms with Crippen LogP contribution in [-0.2, 0) is 0 Å². The highest BCUT2D eigenvalue weighted by Crippen LogP contribution is 2.23. The van der Waals surface area contributed by atoms with E-state index in [-0.39, 0.29) is 17.8 Å². The standard InChI is InChI=1S/C19H18FN3O/c1-12-5-3-4-6-16(12)13(2)22-19(24)17-11-21-23-18(17)14-7-9-15(20)10-8-14/h3-11,13H,1-2H3,(H,21,23)(H,22,24). The molecule has 2 N–H and O–H groups in total. The van der Waals surface area contributed by atoms with Gasteiger partial charge in [0.1, 0.15) is 5.82 Å². The lowest BCUT2D eigenvalue weighted by Crippen LogP contribution is -2.27. The van der Waals surface area contributed by atoms with E-state index < -0.39 is 0 Å². The van der Waals surface area contributed by atoms with Gasteiger partial charge in [-0.1, -0.05) is 24.3 Å². The monoisotopic (exact) mass is 323 g/mol. The first-order valence-electron chi connectivity index (χ1n) is 7.72. The Morgan fingerprint density at radius 3 is 2.58 bits per heavy atom. The Labute approximate surface area is 139 Å². The quantitative estimate of drug-likeness (QED) is 0.762. The minimum Gasteiger partial charge on any atom is -0.345 e. The molecule has 0 saturated heterocycles. The van der Waals surface area contributed by atoms with E-state index in [9.17, 15) is 9.18 Å². The first-order valence-corrected chi connectivity index (χ1v) is 7.72. The van der Waals surface area contributed by atoms with Crippen molar-refractivity contribution < 1.29 is 9.18 Å². The number of nitrogens with one attached hydrogen (secondary N) is 2. The molecule has 3 aromatic rings. The lowest BCUT2D eigenvalue weighted by atomic mass is 10.0. The third-order valence-electron chi connectivity index (χ3n) is 4.02. The molecule has 0 saturated carbocycles. The number of benzene rings is 2. The SMILES string of the molecule is Cc1ccccc1C(C)NC(=O)c1cn[nH]c1-c1ccc(F)cc1. The van der Waals surface area contributed by atoms with E-state index in [4.69, 9.17) is 0 Å². The van der Waals surface area contributed by atoms with Gasteiger partial charge in [-0.2, -0.15) is 5.10 Å². The maximum atomic E-state index is 13.1. The fraction of sp³-hybridized carbons (Fsp3) is 0.158. The van der Waals surface area contributed by atoms with Gasteiger partial charge in [-0.25, -0.2) is 4.39 Å². The number of aromatic nitrogens is 2. The number of H-pyrrole nitrogens is 1. The van der Waals surface area contributed by atoms with Gasteiger partial charge >= 0.3 is 0 Å². The van der Waals surface area contributed by atoms with Crippen LogP contribution in [0.4, 0.5) is 4.39 Å². The van der Waals surface area contributed by atoms with Crippen molar-refractivity contribution in [1.29, 1.82) is 0 Å². The van der Waals surface area contributed by atoms with E-state index in [1.54, 1.807) is 12.1 Å². The molecule has 122 valence electrons. The molecule has 24 heavy (non-hydrogen) atoms. The van der Waals surface area contributed by atoms with Crippen molar-refractivity contribution in [3.8, 4) is 11.3 Å². The number of amides is 1. The summed E-state index contributed by atoms with van der Waals surface area (Å²) in [7, 11) is 0. The lowest BCUT2D eigenvalue weighted by molar-refractivity contribution is 0.0940. The lowest BCUT2D eigenvalue weighted by Gasteiger charge is -2.16. The molecule has 0 aliphatic carbocycles. The van der Waals surface area contributed by atoms with Gasteiger partial charge in [0.25, 0.3) is 5.91 Å². The number of aryl methyl sites for hydroxylation is 1. The minimum absolute atomic E-state index is 0.130. The van der Waals surface area contributed by atoms with Gasteiger partial charge in [0.2, 0.25) is 0 Å². The summed E-state index contributed by atoms with van der Waals surface area (Å²) < 4.78 is 13.1.